The Morgan fingerprint density at radius 3 is 2.29 bits per heavy atom. The molecule has 1 rings (SSSR count). The van der Waals surface area contributed by atoms with E-state index in [2.05, 4.69) is 32.0 Å². The van der Waals surface area contributed by atoms with Crippen LogP contribution in [-0.4, -0.2) is 0 Å². The number of rotatable bonds is 3. The molecule has 1 aromatic carbocycles. The molecule has 0 aliphatic heterocycles. The summed E-state index contributed by atoms with van der Waals surface area (Å²) in [5.41, 5.74) is 8.33. The standard InChI is InChI=1S/C11H17N.C2H6/c1-3-9(2)11-7-5-4-6-10(11)8-12;1-2/h4-7,9H,3,8,12H2,1-2H3;1-2H3. The number of nitrogens with two attached hydrogens (primary N) is 1. The number of hydrogen-bond donors (Lipinski definition) is 1. The quantitative estimate of drug-likeness (QED) is 0.778. The SMILES string of the molecule is CC.CCC(C)c1ccccc1CN. The maximum atomic E-state index is 5.64. The Bertz CT molecular complexity index is 243. The second kappa shape index (κ2) is 7.57. The van der Waals surface area contributed by atoms with Gasteiger partial charge in [-0.1, -0.05) is 52.0 Å². The lowest BCUT2D eigenvalue weighted by molar-refractivity contribution is 0.722. The summed E-state index contributed by atoms with van der Waals surface area (Å²) in [7, 11) is 0. The summed E-state index contributed by atoms with van der Waals surface area (Å²) >= 11 is 0. The van der Waals surface area contributed by atoms with Crippen LogP contribution >= 0.6 is 0 Å². The molecule has 0 spiro atoms. The van der Waals surface area contributed by atoms with Gasteiger partial charge in [0.15, 0.2) is 0 Å². The molecule has 0 aliphatic carbocycles. The summed E-state index contributed by atoms with van der Waals surface area (Å²) in [6.45, 7) is 9.10. The largest absolute Gasteiger partial charge is 0.326 e. The van der Waals surface area contributed by atoms with Gasteiger partial charge in [-0.25, -0.2) is 0 Å². The van der Waals surface area contributed by atoms with Crippen LogP contribution < -0.4 is 5.73 Å². The molecule has 0 aliphatic rings. The van der Waals surface area contributed by atoms with Crippen LogP contribution in [0.1, 0.15) is 51.2 Å². The van der Waals surface area contributed by atoms with Crippen LogP contribution in [0.5, 0.6) is 0 Å². The van der Waals surface area contributed by atoms with E-state index in [0.29, 0.717) is 12.5 Å². The predicted octanol–water partition coefficient (Wildman–Crippen LogP) is 3.69. The lowest BCUT2D eigenvalue weighted by Crippen LogP contribution is -2.03. The van der Waals surface area contributed by atoms with Gasteiger partial charge in [0.1, 0.15) is 0 Å². The second-order valence-electron chi connectivity index (χ2n) is 3.21. The average Bonchev–Trinajstić information content (AvgIpc) is 2.30. The van der Waals surface area contributed by atoms with Crippen molar-refractivity contribution in [2.75, 3.05) is 0 Å². The fourth-order valence-electron chi connectivity index (χ4n) is 1.42. The smallest absolute Gasteiger partial charge is 0.0180 e. The first-order chi connectivity index (χ1) is 6.79. The Kier molecular flexibility index (Phi) is 7.13. The van der Waals surface area contributed by atoms with E-state index in [4.69, 9.17) is 5.73 Å². The van der Waals surface area contributed by atoms with E-state index in [1.165, 1.54) is 17.5 Å². The van der Waals surface area contributed by atoms with Gasteiger partial charge in [-0.2, -0.15) is 0 Å². The zero-order valence-corrected chi connectivity index (χ0v) is 9.88. The maximum Gasteiger partial charge on any atom is 0.0180 e. The molecular formula is C13H23N. The lowest BCUT2D eigenvalue weighted by Gasteiger charge is -2.12. The van der Waals surface area contributed by atoms with Crippen LogP contribution in [0.2, 0.25) is 0 Å². The molecule has 0 aromatic heterocycles. The van der Waals surface area contributed by atoms with E-state index >= 15 is 0 Å². The molecule has 1 atom stereocenters. The summed E-state index contributed by atoms with van der Waals surface area (Å²) in [5.74, 6) is 0.629. The molecule has 0 saturated carbocycles. The number of benzene rings is 1. The van der Waals surface area contributed by atoms with Crippen molar-refractivity contribution < 1.29 is 0 Å². The monoisotopic (exact) mass is 193 g/mol. The highest BCUT2D eigenvalue weighted by Crippen LogP contribution is 2.21. The molecule has 0 fully saturated rings. The molecule has 1 aromatic rings. The van der Waals surface area contributed by atoms with Crippen molar-refractivity contribution in [2.24, 2.45) is 5.73 Å². The minimum atomic E-state index is 0.629. The van der Waals surface area contributed by atoms with Crippen LogP contribution in [0.25, 0.3) is 0 Å². The second-order valence-corrected chi connectivity index (χ2v) is 3.21. The van der Waals surface area contributed by atoms with Gasteiger partial charge in [-0.05, 0) is 23.5 Å². The van der Waals surface area contributed by atoms with E-state index in [0.717, 1.165) is 0 Å². The van der Waals surface area contributed by atoms with E-state index < -0.39 is 0 Å². The normalized spacial score (nSPS) is 11.5. The van der Waals surface area contributed by atoms with Crippen molar-refractivity contribution in [3.63, 3.8) is 0 Å². The molecule has 1 heteroatoms. The van der Waals surface area contributed by atoms with Gasteiger partial charge in [-0.15, -0.1) is 0 Å². The Morgan fingerprint density at radius 1 is 1.21 bits per heavy atom. The van der Waals surface area contributed by atoms with E-state index in [9.17, 15) is 0 Å². The van der Waals surface area contributed by atoms with Gasteiger partial charge in [0, 0.05) is 6.54 Å². The lowest BCUT2D eigenvalue weighted by atomic mass is 9.94. The predicted molar refractivity (Wildman–Crippen MR) is 64.4 cm³/mol. The highest BCUT2D eigenvalue weighted by atomic mass is 14.5. The average molecular weight is 193 g/mol. The van der Waals surface area contributed by atoms with Gasteiger partial charge in [-0.3, -0.25) is 0 Å². The summed E-state index contributed by atoms with van der Waals surface area (Å²) in [5, 5.41) is 0. The fraction of sp³-hybridized carbons (Fsp3) is 0.538. The molecular weight excluding hydrogens is 170 g/mol. The molecule has 14 heavy (non-hydrogen) atoms. The summed E-state index contributed by atoms with van der Waals surface area (Å²) in [4.78, 5) is 0. The Morgan fingerprint density at radius 2 is 1.79 bits per heavy atom. The van der Waals surface area contributed by atoms with Gasteiger partial charge in [0.2, 0.25) is 0 Å². The van der Waals surface area contributed by atoms with Gasteiger partial charge >= 0.3 is 0 Å². The van der Waals surface area contributed by atoms with E-state index in [-0.39, 0.29) is 0 Å². The molecule has 0 bridgehead atoms. The number of hydrogen-bond acceptors (Lipinski definition) is 1. The Hall–Kier alpha value is -0.820. The summed E-state index contributed by atoms with van der Waals surface area (Å²) in [6, 6.07) is 8.42. The first-order valence-corrected chi connectivity index (χ1v) is 5.57. The van der Waals surface area contributed by atoms with Crippen LogP contribution in [0, 0.1) is 0 Å². The minimum absolute atomic E-state index is 0.629. The molecule has 1 unspecified atom stereocenters. The van der Waals surface area contributed by atoms with Gasteiger partial charge in [0.25, 0.3) is 0 Å². The van der Waals surface area contributed by atoms with Crippen LogP contribution in [0.3, 0.4) is 0 Å². The molecule has 0 heterocycles. The van der Waals surface area contributed by atoms with Crippen molar-refractivity contribution in [1.82, 2.24) is 0 Å². The molecule has 2 N–H and O–H groups in total. The Labute approximate surface area is 88.3 Å². The first kappa shape index (κ1) is 13.2. The third kappa shape index (κ3) is 3.51. The molecule has 0 amide bonds. The zero-order chi connectivity index (χ0) is 11.0. The summed E-state index contributed by atoms with van der Waals surface area (Å²) < 4.78 is 0. The van der Waals surface area contributed by atoms with Crippen molar-refractivity contribution in [2.45, 2.75) is 46.6 Å². The van der Waals surface area contributed by atoms with Crippen LogP contribution in [0.4, 0.5) is 0 Å². The molecule has 80 valence electrons. The van der Waals surface area contributed by atoms with Crippen molar-refractivity contribution >= 4 is 0 Å². The fourth-order valence-corrected chi connectivity index (χ4v) is 1.42. The maximum absolute atomic E-state index is 5.64. The Balaban J connectivity index is 0.000000791. The van der Waals surface area contributed by atoms with Crippen molar-refractivity contribution in [3.8, 4) is 0 Å². The first-order valence-electron chi connectivity index (χ1n) is 5.57. The summed E-state index contributed by atoms with van der Waals surface area (Å²) in [6.07, 6.45) is 1.18. The van der Waals surface area contributed by atoms with Crippen LogP contribution in [0.15, 0.2) is 24.3 Å². The van der Waals surface area contributed by atoms with Gasteiger partial charge in [0.05, 0.1) is 0 Å². The minimum Gasteiger partial charge on any atom is -0.326 e. The van der Waals surface area contributed by atoms with Crippen molar-refractivity contribution in [3.05, 3.63) is 35.4 Å². The molecule has 0 radical (unpaired) electrons. The third-order valence-corrected chi connectivity index (χ3v) is 2.42. The van der Waals surface area contributed by atoms with E-state index in [1.54, 1.807) is 0 Å². The van der Waals surface area contributed by atoms with Crippen LogP contribution in [-0.2, 0) is 6.54 Å². The highest BCUT2D eigenvalue weighted by Gasteiger charge is 2.05. The zero-order valence-electron chi connectivity index (χ0n) is 9.88. The topological polar surface area (TPSA) is 26.0 Å². The molecule has 0 saturated heterocycles. The third-order valence-electron chi connectivity index (χ3n) is 2.42. The highest BCUT2D eigenvalue weighted by molar-refractivity contribution is 5.29. The van der Waals surface area contributed by atoms with Crippen molar-refractivity contribution in [1.29, 1.82) is 0 Å². The van der Waals surface area contributed by atoms with Gasteiger partial charge < -0.3 is 5.73 Å². The van der Waals surface area contributed by atoms with E-state index in [1.807, 2.05) is 19.9 Å². The molecule has 1 nitrogen and oxygen atoms in total.